The maximum atomic E-state index is 12.2. The summed E-state index contributed by atoms with van der Waals surface area (Å²) in [5, 5.41) is 3.12. The van der Waals surface area contributed by atoms with E-state index >= 15 is 0 Å². The van der Waals surface area contributed by atoms with Gasteiger partial charge in [0.15, 0.2) is 0 Å². The first-order chi connectivity index (χ1) is 10.2. The molecule has 1 aliphatic carbocycles. The van der Waals surface area contributed by atoms with Crippen molar-refractivity contribution in [1.29, 1.82) is 0 Å². The van der Waals surface area contributed by atoms with E-state index in [0.29, 0.717) is 18.5 Å². The molecule has 1 aliphatic heterocycles. The number of hydrogen-bond donors (Lipinski definition) is 1. The second-order valence-corrected chi connectivity index (χ2v) is 6.55. The Balaban J connectivity index is 1.50. The Morgan fingerprint density at radius 3 is 2.95 bits per heavy atom. The number of hydrogen-bond acceptors (Lipinski definition) is 3. The van der Waals surface area contributed by atoms with Gasteiger partial charge >= 0.3 is 6.03 Å². The van der Waals surface area contributed by atoms with E-state index < -0.39 is 0 Å². The fourth-order valence-electron chi connectivity index (χ4n) is 2.96. The summed E-state index contributed by atoms with van der Waals surface area (Å²) in [4.78, 5) is 18.3. The molecule has 114 valence electrons. The number of aromatic nitrogens is 1. The van der Waals surface area contributed by atoms with Crippen molar-refractivity contribution in [3.63, 3.8) is 0 Å². The zero-order valence-corrected chi connectivity index (χ0v) is 13.5. The van der Waals surface area contributed by atoms with Crippen LogP contribution in [0.4, 0.5) is 4.79 Å². The van der Waals surface area contributed by atoms with Crippen LogP contribution in [0.3, 0.4) is 0 Å². The molecule has 2 fully saturated rings. The predicted octanol–water partition coefficient (Wildman–Crippen LogP) is 2.95. The van der Waals surface area contributed by atoms with Crippen LogP contribution in [0.2, 0.25) is 0 Å². The number of urea groups is 1. The number of likely N-dealkylation sites (tertiary alicyclic amines) is 1. The van der Waals surface area contributed by atoms with Crippen molar-refractivity contribution in [3.8, 4) is 5.88 Å². The molecule has 3 rings (SSSR count). The molecule has 1 atom stereocenters. The van der Waals surface area contributed by atoms with Crippen LogP contribution in [0.25, 0.3) is 0 Å². The first kappa shape index (κ1) is 14.6. The molecule has 1 aromatic heterocycles. The monoisotopic (exact) mass is 353 g/mol. The summed E-state index contributed by atoms with van der Waals surface area (Å²) in [6.07, 6.45) is 7.25. The second kappa shape index (κ2) is 6.64. The van der Waals surface area contributed by atoms with E-state index in [1.54, 1.807) is 6.20 Å². The zero-order valence-electron chi connectivity index (χ0n) is 11.9. The normalized spacial score (nSPS) is 22.5. The molecular weight excluding hydrogens is 334 g/mol. The van der Waals surface area contributed by atoms with Crippen molar-refractivity contribution < 1.29 is 9.53 Å². The van der Waals surface area contributed by atoms with Crippen molar-refractivity contribution in [3.05, 3.63) is 22.8 Å². The van der Waals surface area contributed by atoms with Crippen LogP contribution in [-0.4, -0.2) is 41.2 Å². The number of rotatable bonds is 3. The predicted molar refractivity (Wildman–Crippen MR) is 83.3 cm³/mol. The van der Waals surface area contributed by atoms with Gasteiger partial charge in [-0.15, -0.1) is 0 Å². The quantitative estimate of drug-likeness (QED) is 0.908. The van der Waals surface area contributed by atoms with Gasteiger partial charge in [0.05, 0.1) is 11.0 Å². The molecule has 0 spiro atoms. The molecule has 21 heavy (non-hydrogen) atoms. The smallest absolute Gasteiger partial charge is 0.317 e. The zero-order chi connectivity index (χ0) is 14.7. The maximum Gasteiger partial charge on any atom is 0.317 e. The lowest BCUT2D eigenvalue weighted by Gasteiger charge is -2.20. The third-order valence-electron chi connectivity index (χ3n) is 4.12. The van der Waals surface area contributed by atoms with Gasteiger partial charge in [0.1, 0.15) is 6.10 Å². The van der Waals surface area contributed by atoms with Gasteiger partial charge in [-0.25, -0.2) is 9.78 Å². The van der Waals surface area contributed by atoms with Crippen LogP contribution in [0.15, 0.2) is 22.8 Å². The first-order valence-corrected chi connectivity index (χ1v) is 8.34. The van der Waals surface area contributed by atoms with Crippen LogP contribution in [0.1, 0.15) is 32.1 Å². The molecular formula is C15H20BrN3O2. The maximum absolute atomic E-state index is 12.2. The highest BCUT2D eigenvalue weighted by molar-refractivity contribution is 9.10. The number of ether oxygens (including phenoxy) is 1. The van der Waals surface area contributed by atoms with Crippen LogP contribution >= 0.6 is 15.9 Å². The lowest BCUT2D eigenvalue weighted by molar-refractivity contribution is 0.180. The van der Waals surface area contributed by atoms with E-state index in [-0.39, 0.29) is 12.1 Å². The van der Waals surface area contributed by atoms with Crippen molar-refractivity contribution in [2.24, 2.45) is 0 Å². The number of nitrogens with one attached hydrogen (secondary N) is 1. The highest BCUT2D eigenvalue weighted by Gasteiger charge is 2.29. The van der Waals surface area contributed by atoms with Gasteiger partial charge in [-0.1, -0.05) is 12.8 Å². The van der Waals surface area contributed by atoms with Crippen molar-refractivity contribution in [1.82, 2.24) is 15.2 Å². The van der Waals surface area contributed by atoms with Gasteiger partial charge in [-0.2, -0.15) is 0 Å². The average molecular weight is 354 g/mol. The van der Waals surface area contributed by atoms with Crippen molar-refractivity contribution >= 4 is 22.0 Å². The van der Waals surface area contributed by atoms with E-state index in [1.807, 2.05) is 17.0 Å². The molecule has 2 amide bonds. The topological polar surface area (TPSA) is 54.5 Å². The highest BCUT2D eigenvalue weighted by Crippen LogP contribution is 2.25. The van der Waals surface area contributed by atoms with Gasteiger partial charge in [0.2, 0.25) is 5.88 Å². The second-order valence-electron chi connectivity index (χ2n) is 5.70. The molecule has 1 aromatic rings. The molecule has 6 heteroatoms. The molecule has 1 N–H and O–H groups in total. The lowest BCUT2D eigenvalue weighted by Crippen LogP contribution is -2.43. The summed E-state index contributed by atoms with van der Waals surface area (Å²) >= 11 is 3.43. The fourth-order valence-corrected chi connectivity index (χ4v) is 3.31. The van der Waals surface area contributed by atoms with E-state index in [9.17, 15) is 4.79 Å². The van der Waals surface area contributed by atoms with Crippen LogP contribution < -0.4 is 10.1 Å². The van der Waals surface area contributed by atoms with E-state index in [4.69, 9.17) is 4.74 Å². The Hall–Kier alpha value is -1.30. The van der Waals surface area contributed by atoms with Crippen LogP contribution in [-0.2, 0) is 0 Å². The van der Waals surface area contributed by atoms with Gasteiger partial charge in [-0.3, -0.25) is 0 Å². The summed E-state index contributed by atoms with van der Waals surface area (Å²) in [6.45, 7) is 1.37. The molecule has 0 aromatic carbocycles. The molecule has 1 saturated heterocycles. The lowest BCUT2D eigenvalue weighted by atomic mass is 10.2. The Labute approximate surface area is 133 Å². The van der Waals surface area contributed by atoms with Crippen LogP contribution in [0.5, 0.6) is 5.88 Å². The van der Waals surface area contributed by atoms with Crippen molar-refractivity contribution in [2.45, 2.75) is 44.2 Å². The molecule has 2 heterocycles. The Kier molecular flexibility index (Phi) is 4.63. The van der Waals surface area contributed by atoms with Gasteiger partial charge in [-0.05, 0) is 40.9 Å². The SMILES string of the molecule is O=C(NC1CCCC1)N1CCC(Oc2ncccc2Br)C1. The summed E-state index contributed by atoms with van der Waals surface area (Å²) in [6, 6.07) is 4.17. The molecule has 5 nitrogen and oxygen atoms in total. The summed E-state index contributed by atoms with van der Waals surface area (Å²) in [5.74, 6) is 0.598. The van der Waals surface area contributed by atoms with Crippen LogP contribution in [0, 0.1) is 0 Å². The molecule has 1 saturated carbocycles. The Morgan fingerprint density at radius 2 is 2.19 bits per heavy atom. The number of halogens is 1. The number of carbonyl (C=O) groups excluding carboxylic acids is 1. The van der Waals surface area contributed by atoms with Crippen molar-refractivity contribution in [2.75, 3.05) is 13.1 Å². The third kappa shape index (κ3) is 3.67. The fraction of sp³-hybridized carbons (Fsp3) is 0.600. The summed E-state index contributed by atoms with van der Waals surface area (Å²) < 4.78 is 6.72. The Morgan fingerprint density at radius 1 is 1.38 bits per heavy atom. The minimum absolute atomic E-state index is 0.0190. The minimum atomic E-state index is 0.0190. The number of pyridine rings is 1. The standard InChI is InChI=1S/C15H20BrN3O2/c16-13-6-3-8-17-14(13)21-12-7-9-19(10-12)15(20)18-11-4-1-2-5-11/h3,6,8,11-12H,1-2,4-5,7,9-10H2,(H,18,20). The van der Waals surface area contributed by atoms with Gasteiger partial charge < -0.3 is 15.0 Å². The molecule has 0 bridgehead atoms. The Bertz CT molecular complexity index is 505. The molecule has 1 unspecified atom stereocenters. The summed E-state index contributed by atoms with van der Waals surface area (Å²) in [7, 11) is 0. The molecule has 0 radical (unpaired) electrons. The van der Waals surface area contributed by atoms with Gasteiger partial charge in [0.25, 0.3) is 0 Å². The first-order valence-electron chi connectivity index (χ1n) is 7.55. The van der Waals surface area contributed by atoms with Gasteiger partial charge in [0, 0.05) is 25.2 Å². The number of carbonyl (C=O) groups is 1. The van der Waals surface area contributed by atoms with E-state index in [0.717, 1.165) is 30.3 Å². The highest BCUT2D eigenvalue weighted by atomic mass is 79.9. The molecule has 2 aliphatic rings. The minimum Gasteiger partial charge on any atom is -0.472 e. The number of amides is 2. The third-order valence-corrected chi connectivity index (χ3v) is 4.72. The largest absolute Gasteiger partial charge is 0.472 e. The number of nitrogens with zero attached hydrogens (tertiary/aromatic N) is 2. The van der Waals surface area contributed by atoms with E-state index in [2.05, 4.69) is 26.2 Å². The van der Waals surface area contributed by atoms with E-state index in [1.165, 1.54) is 12.8 Å². The summed E-state index contributed by atoms with van der Waals surface area (Å²) in [5.41, 5.74) is 0. The average Bonchev–Trinajstić information content (AvgIpc) is 3.13.